The molecule has 0 atom stereocenters. The largest absolute Gasteiger partial charge is 0.340 e. The maximum atomic E-state index is 13.9. The highest BCUT2D eigenvalue weighted by Crippen LogP contribution is 2.31. The fraction of sp³-hybridized carbons (Fsp3) is 0.192. The van der Waals surface area contributed by atoms with E-state index in [4.69, 9.17) is 15.3 Å². The molecule has 0 aliphatic heterocycles. The molecule has 3 aromatic heterocycles. The number of H-pyrrole nitrogens is 1. The quantitative estimate of drug-likeness (QED) is 0.380. The highest BCUT2D eigenvalue weighted by atomic mass is 19.1. The molecule has 168 valence electrons. The van der Waals surface area contributed by atoms with E-state index in [2.05, 4.69) is 28.8 Å². The molecule has 7 nitrogen and oxygen atoms in total. The van der Waals surface area contributed by atoms with E-state index in [-0.39, 0.29) is 6.04 Å². The van der Waals surface area contributed by atoms with Gasteiger partial charge in [0.05, 0.1) is 34.1 Å². The SMILES string of the molecule is CC(C)n1ccc(-c2[nH]c(CCc3cc(F)cc(C#N)c3)nc2-c2ccc3nccnc3c2)n1. The van der Waals surface area contributed by atoms with E-state index in [1.807, 2.05) is 41.2 Å². The van der Waals surface area contributed by atoms with Crippen molar-refractivity contribution in [3.05, 3.63) is 83.8 Å². The van der Waals surface area contributed by atoms with E-state index in [1.54, 1.807) is 18.5 Å². The van der Waals surface area contributed by atoms with Crippen LogP contribution in [0.1, 0.15) is 36.8 Å². The Bertz CT molecular complexity index is 1520. The lowest BCUT2D eigenvalue weighted by atomic mass is 10.1. The Morgan fingerprint density at radius 2 is 1.85 bits per heavy atom. The molecule has 0 fully saturated rings. The first-order chi connectivity index (χ1) is 16.5. The van der Waals surface area contributed by atoms with E-state index in [0.717, 1.165) is 45.1 Å². The fourth-order valence-electron chi connectivity index (χ4n) is 3.93. The van der Waals surface area contributed by atoms with Crippen LogP contribution in [0.2, 0.25) is 0 Å². The highest BCUT2D eigenvalue weighted by molar-refractivity contribution is 5.84. The number of rotatable bonds is 6. The van der Waals surface area contributed by atoms with Crippen molar-refractivity contribution >= 4 is 11.0 Å². The van der Waals surface area contributed by atoms with E-state index in [9.17, 15) is 4.39 Å². The van der Waals surface area contributed by atoms with Crippen LogP contribution in [0.3, 0.4) is 0 Å². The summed E-state index contributed by atoms with van der Waals surface area (Å²) in [6.07, 6.45) is 6.39. The van der Waals surface area contributed by atoms with Crippen LogP contribution in [0.4, 0.5) is 4.39 Å². The molecule has 0 amide bonds. The molecule has 0 spiro atoms. The van der Waals surface area contributed by atoms with Crippen LogP contribution in [0, 0.1) is 17.1 Å². The third-order valence-electron chi connectivity index (χ3n) is 5.63. The number of aromatic amines is 1. The number of nitrogens with zero attached hydrogens (tertiary/aromatic N) is 6. The first-order valence-electron chi connectivity index (χ1n) is 11.1. The summed E-state index contributed by atoms with van der Waals surface area (Å²) >= 11 is 0. The molecule has 3 heterocycles. The van der Waals surface area contributed by atoms with Crippen LogP contribution < -0.4 is 0 Å². The predicted octanol–water partition coefficient (Wildman–Crippen LogP) is 5.26. The number of benzene rings is 2. The Morgan fingerprint density at radius 1 is 1.03 bits per heavy atom. The number of aryl methyl sites for hydroxylation is 2. The van der Waals surface area contributed by atoms with Gasteiger partial charge in [-0.3, -0.25) is 14.6 Å². The van der Waals surface area contributed by atoms with Crippen molar-refractivity contribution in [3.8, 4) is 28.7 Å². The molecule has 34 heavy (non-hydrogen) atoms. The summed E-state index contributed by atoms with van der Waals surface area (Å²) in [7, 11) is 0. The molecule has 0 aliphatic carbocycles. The van der Waals surface area contributed by atoms with Crippen LogP contribution in [0.5, 0.6) is 0 Å². The van der Waals surface area contributed by atoms with Gasteiger partial charge in [0.1, 0.15) is 17.3 Å². The number of hydrogen-bond acceptors (Lipinski definition) is 5. The van der Waals surface area contributed by atoms with Gasteiger partial charge in [-0.2, -0.15) is 10.4 Å². The van der Waals surface area contributed by atoms with Crippen LogP contribution in [-0.4, -0.2) is 29.7 Å². The first-order valence-corrected chi connectivity index (χ1v) is 11.1. The number of nitriles is 1. The lowest BCUT2D eigenvalue weighted by Crippen LogP contribution is -2.01. The average molecular weight is 452 g/mol. The summed E-state index contributed by atoms with van der Waals surface area (Å²) in [6, 6.07) is 14.5. The maximum absolute atomic E-state index is 13.9. The second-order valence-electron chi connectivity index (χ2n) is 8.40. The Labute approximate surface area is 196 Å². The number of fused-ring (bicyclic) bond motifs is 1. The zero-order chi connectivity index (χ0) is 23.7. The third kappa shape index (κ3) is 4.28. The highest BCUT2D eigenvalue weighted by Gasteiger charge is 2.18. The fourth-order valence-corrected chi connectivity index (χ4v) is 3.93. The van der Waals surface area contributed by atoms with Gasteiger partial charge in [-0.25, -0.2) is 9.37 Å². The first kappa shape index (κ1) is 21.5. The average Bonchev–Trinajstić information content (AvgIpc) is 3.50. The number of nitrogens with one attached hydrogen (secondary N) is 1. The van der Waals surface area contributed by atoms with Crippen molar-refractivity contribution < 1.29 is 4.39 Å². The Kier molecular flexibility index (Phi) is 5.60. The van der Waals surface area contributed by atoms with E-state index in [0.29, 0.717) is 18.4 Å². The Hall–Kier alpha value is -4.38. The molecule has 5 aromatic rings. The minimum absolute atomic E-state index is 0.234. The Morgan fingerprint density at radius 3 is 2.62 bits per heavy atom. The maximum Gasteiger partial charge on any atom is 0.124 e. The van der Waals surface area contributed by atoms with E-state index < -0.39 is 5.82 Å². The summed E-state index contributed by atoms with van der Waals surface area (Å²) in [4.78, 5) is 17.1. The lowest BCUT2D eigenvalue weighted by molar-refractivity contribution is 0.534. The standard InChI is InChI=1S/C26H22FN7/c1-16(2)34-10-7-22(33-34)26-25(19-4-5-21-23(14-19)30-9-8-29-21)31-24(32-26)6-3-17-11-18(15-28)13-20(27)12-17/h4-5,7-14,16H,3,6H2,1-2H3,(H,31,32). The Balaban J connectivity index is 1.53. The van der Waals surface area contributed by atoms with Gasteiger partial charge in [0.25, 0.3) is 0 Å². The molecule has 0 radical (unpaired) electrons. The van der Waals surface area contributed by atoms with Gasteiger partial charge in [0.15, 0.2) is 0 Å². The van der Waals surface area contributed by atoms with Crippen LogP contribution in [0.15, 0.2) is 61.1 Å². The molecule has 8 heteroatoms. The van der Waals surface area contributed by atoms with Crippen LogP contribution in [-0.2, 0) is 12.8 Å². The van der Waals surface area contributed by atoms with E-state index in [1.165, 1.54) is 12.1 Å². The van der Waals surface area contributed by atoms with Gasteiger partial charge in [-0.1, -0.05) is 6.07 Å². The van der Waals surface area contributed by atoms with Crippen molar-refractivity contribution in [1.82, 2.24) is 29.7 Å². The molecule has 5 rings (SSSR count). The second-order valence-corrected chi connectivity index (χ2v) is 8.40. The molecule has 0 unspecified atom stereocenters. The summed E-state index contributed by atoms with van der Waals surface area (Å²) in [6.45, 7) is 4.15. The molecule has 0 saturated heterocycles. The van der Waals surface area contributed by atoms with Gasteiger partial charge in [0.2, 0.25) is 0 Å². The van der Waals surface area contributed by atoms with E-state index >= 15 is 0 Å². The van der Waals surface area contributed by atoms with Crippen molar-refractivity contribution in [2.24, 2.45) is 0 Å². The molecule has 0 aliphatic rings. The molecular formula is C26H22FN7. The lowest BCUT2D eigenvalue weighted by Gasteiger charge is -2.04. The summed E-state index contributed by atoms with van der Waals surface area (Å²) in [5, 5.41) is 13.9. The topological polar surface area (TPSA) is 96.1 Å². The van der Waals surface area contributed by atoms with Gasteiger partial charge in [0, 0.05) is 36.6 Å². The normalized spacial score (nSPS) is 11.3. The van der Waals surface area contributed by atoms with Gasteiger partial charge >= 0.3 is 0 Å². The molecule has 0 saturated carbocycles. The van der Waals surface area contributed by atoms with Crippen LogP contribution >= 0.6 is 0 Å². The number of imidazole rings is 1. The molecular weight excluding hydrogens is 429 g/mol. The number of hydrogen-bond donors (Lipinski definition) is 1. The van der Waals surface area contributed by atoms with Gasteiger partial charge in [-0.05, 0) is 62.2 Å². The minimum atomic E-state index is -0.411. The zero-order valence-electron chi connectivity index (χ0n) is 18.8. The van der Waals surface area contributed by atoms with Gasteiger partial charge in [-0.15, -0.1) is 0 Å². The van der Waals surface area contributed by atoms with Crippen LogP contribution in [0.25, 0.3) is 33.7 Å². The van der Waals surface area contributed by atoms with Crippen molar-refractivity contribution in [2.45, 2.75) is 32.7 Å². The second kappa shape index (κ2) is 8.87. The summed E-state index contributed by atoms with van der Waals surface area (Å²) in [5.41, 5.74) is 5.94. The van der Waals surface area contributed by atoms with Crippen molar-refractivity contribution in [2.75, 3.05) is 0 Å². The molecule has 2 aromatic carbocycles. The monoisotopic (exact) mass is 451 g/mol. The zero-order valence-corrected chi connectivity index (χ0v) is 18.8. The third-order valence-corrected chi connectivity index (χ3v) is 5.63. The van der Waals surface area contributed by atoms with Crippen molar-refractivity contribution in [3.63, 3.8) is 0 Å². The molecule has 1 N–H and O–H groups in total. The molecule has 0 bridgehead atoms. The predicted molar refractivity (Wildman–Crippen MR) is 127 cm³/mol. The number of aromatic nitrogens is 6. The smallest absolute Gasteiger partial charge is 0.124 e. The summed E-state index contributed by atoms with van der Waals surface area (Å²) < 4.78 is 15.8. The van der Waals surface area contributed by atoms with Gasteiger partial charge < -0.3 is 4.98 Å². The summed E-state index contributed by atoms with van der Waals surface area (Å²) in [5.74, 6) is 0.345. The van der Waals surface area contributed by atoms with Crippen molar-refractivity contribution in [1.29, 1.82) is 5.26 Å². The number of halogens is 1. The minimum Gasteiger partial charge on any atom is -0.340 e.